The zero-order chi connectivity index (χ0) is 14.3. The molecule has 3 heterocycles. The summed E-state index contributed by atoms with van der Waals surface area (Å²) >= 11 is 0. The minimum Gasteiger partial charge on any atom is -0.420 e. The number of carbonyl (C=O) groups excluding carboxylic acids is 1. The molecule has 1 aliphatic heterocycles. The van der Waals surface area contributed by atoms with Crippen LogP contribution in [-0.2, 0) is 17.9 Å². The molecule has 3 rings (SSSR count). The standard InChI is InChI=1S/C13H14N4O3/c1-8(2)13(19)20-11-9(18)7-15-17-6-5-16-4-3-14-12(16)10(11)17/h3-4,7-8H,5-6H2,1-2H3. The maximum Gasteiger partial charge on any atom is 0.313 e. The molecule has 104 valence electrons. The predicted octanol–water partition coefficient (Wildman–Crippen LogP) is 0.682. The smallest absolute Gasteiger partial charge is 0.313 e. The van der Waals surface area contributed by atoms with E-state index in [1.54, 1.807) is 24.7 Å². The van der Waals surface area contributed by atoms with Crippen LogP contribution in [0.25, 0.3) is 11.5 Å². The maximum absolute atomic E-state index is 12.0. The van der Waals surface area contributed by atoms with Crippen molar-refractivity contribution in [1.82, 2.24) is 19.3 Å². The average Bonchev–Trinajstić information content (AvgIpc) is 2.89. The number of aromatic nitrogens is 4. The zero-order valence-electron chi connectivity index (χ0n) is 11.2. The lowest BCUT2D eigenvalue weighted by Crippen LogP contribution is -2.27. The molecule has 7 nitrogen and oxygen atoms in total. The average molecular weight is 274 g/mol. The van der Waals surface area contributed by atoms with Gasteiger partial charge in [0, 0.05) is 18.9 Å². The van der Waals surface area contributed by atoms with E-state index in [4.69, 9.17) is 4.74 Å². The Bertz CT molecular complexity index is 729. The van der Waals surface area contributed by atoms with E-state index in [1.807, 2.05) is 10.8 Å². The highest BCUT2D eigenvalue weighted by Crippen LogP contribution is 2.28. The molecule has 0 aliphatic carbocycles. The zero-order valence-corrected chi connectivity index (χ0v) is 11.2. The van der Waals surface area contributed by atoms with Crippen molar-refractivity contribution in [2.45, 2.75) is 26.9 Å². The number of esters is 1. The van der Waals surface area contributed by atoms with E-state index in [1.165, 1.54) is 6.20 Å². The van der Waals surface area contributed by atoms with Gasteiger partial charge >= 0.3 is 5.97 Å². The van der Waals surface area contributed by atoms with Gasteiger partial charge in [-0.25, -0.2) is 4.98 Å². The van der Waals surface area contributed by atoms with Crippen LogP contribution in [0.3, 0.4) is 0 Å². The lowest BCUT2D eigenvalue weighted by molar-refractivity contribution is -0.137. The van der Waals surface area contributed by atoms with Crippen LogP contribution >= 0.6 is 0 Å². The van der Waals surface area contributed by atoms with Gasteiger partial charge in [-0.1, -0.05) is 13.8 Å². The Morgan fingerprint density at radius 2 is 2.20 bits per heavy atom. The molecular weight excluding hydrogens is 260 g/mol. The summed E-state index contributed by atoms with van der Waals surface area (Å²) in [6.45, 7) is 4.75. The summed E-state index contributed by atoms with van der Waals surface area (Å²) in [6.07, 6.45) is 4.64. The molecule has 20 heavy (non-hydrogen) atoms. The van der Waals surface area contributed by atoms with Gasteiger partial charge in [-0.15, -0.1) is 0 Å². The van der Waals surface area contributed by atoms with E-state index in [0.29, 0.717) is 18.1 Å². The van der Waals surface area contributed by atoms with E-state index in [9.17, 15) is 9.59 Å². The molecule has 0 aromatic carbocycles. The van der Waals surface area contributed by atoms with Gasteiger partial charge in [-0.3, -0.25) is 14.3 Å². The number of rotatable bonds is 2. The fourth-order valence-electron chi connectivity index (χ4n) is 2.09. The largest absolute Gasteiger partial charge is 0.420 e. The summed E-state index contributed by atoms with van der Waals surface area (Å²) in [7, 11) is 0. The fraction of sp³-hybridized carbons (Fsp3) is 0.385. The molecule has 0 saturated carbocycles. The molecule has 0 atom stereocenters. The SMILES string of the molecule is CC(C)C(=O)Oc1c2n(ncc1=O)CCn1ccnc1-2. The molecule has 7 heteroatoms. The Labute approximate surface area is 114 Å². The van der Waals surface area contributed by atoms with Gasteiger partial charge < -0.3 is 9.30 Å². The first-order chi connectivity index (χ1) is 9.58. The van der Waals surface area contributed by atoms with E-state index in [-0.39, 0.29) is 11.7 Å². The van der Waals surface area contributed by atoms with Crippen molar-refractivity contribution in [2.24, 2.45) is 5.92 Å². The minimum atomic E-state index is -0.445. The summed E-state index contributed by atoms with van der Waals surface area (Å²) in [5.41, 5.74) is 0.0458. The van der Waals surface area contributed by atoms with E-state index < -0.39 is 11.4 Å². The third-order valence-electron chi connectivity index (χ3n) is 3.17. The first kappa shape index (κ1) is 12.6. The molecule has 2 aromatic heterocycles. The molecule has 0 N–H and O–H groups in total. The summed E-state index contributed by atoms with van der Waals surface area (Å²) in [5, 5.41) is 4.07. The van der Waals surface area contributed by atoms with Crippen molar-refractivity contribution < 1.29 is 9.53 Å². The van der Waals surface area contributed by atoms with Crippen LogP contribution in [0.15, 0.2) is 23.4 Å². The van der Waals surface area contributed by atoms with Crippen molar-refractivity contribution in [3.8, 4) is 17.3 Å². The second-order valence-corrected chi connectivity index (χ2v) is 4.93. The Kier molecular flexibility index (Phi) is 2.89. The van der Waals surface area contributed by atoms with Gasteiger partial charge in [0.05, 0.1) is 18.7 Å². The molecule has 1 aliphatic rings. The van der Waals surface area contributed by atoms with Gasteiger partial charge in [0.2, 0.25) is 11.2 Å². The highest BCUT2D eigenvalue weighted by atomic mass is 16.5. The van der Waals surface area contributed by atoms with Crippen molar-refractivity contribution >= 4 is 5.97 Å². The highest BCUT2D eigenvalue weighted by Gasteiger charge is 2.25. The normalized spacial score (nSPS) is 12.9. The Morgan fingerprint density at radius 3 is 2.95 bits per heavy atom. The van der Waals surface area contributed by atoms with Crippen molar-refractivity contribution in [3.05, 3.63) is 28.8 Å². The number of hydrogen-bond acceptors (Lipinski definition) is 5. The van der Waals surface area contributed by atoms with Crippen molar-refractivity contribution in [1.29, 1.82) is 0 Å². The molecule has 2 aromatic rings. The second-order valence-electron chi connectivity index (χ2n) is 4.93. The number of fused-ring (bicyclic) bond motifs is 3. The third kappa shape index (κ3) is 1.91. The summed E-state index contributed by atoms with van der Waals surface area (Å²) in [5.74, 6) is -0.162. The molecule has 0 spiro atoms. The monoisotopic (exact) mass is 274 g/mol. The second kappa shape index (κ2) is 4.59. The summed E-state index contributed by atoms with van der Waals surface area (Å²) < 4.78 is 8.82. The Balaban J connectivity index is 2.16. The van der Waals surface area contributed by atoms with Crippen LogP contribution in [-0.4, -0.2) is 25.3 Å². The molecule has 0 radical (unpaired) electrons. The van der Waals surface area contributed by atoms with Crippen LogP contribution in [0.2, 0.25) is 0 Å². The van der Waals surface area contributed by atoms with Gasteiger partial charge in [-0.2, -0.15) is 5.10 Å². The first-order valence-corrected chi connectivity index (χ1v) is 6.41. The molecule has 0 unspecified atom stereocenters. The predicted molar refractivity (Wildman–Crippen MR) is 70.2 cm³/mol. The lowest BCUT2D eigenvalue weighted by atomic mass is 10.2. The number of carbonyl (C=O) groups is 1. The van der Waals surface area contributed by atoms with Crippen LogP contribution in [0.4, 0.5) is 0 Å². The molecule has 0 bridgehead atoms. The highest BCUT2D eigenvalue weighted by molar-refractivity contribution is 5.76. The van der Waals surface area contributed by atoms with Crippen molar-refractivity contribution in [3.63, 3.8) is 0 Å². The van der Waals surface area contributed by atoms with Crippen LogP contribution in [0, 0.1) is 5.92 Å². The summed E-state index contributed by atoms with van der Waals surface area (Å²) in [6, 6.07) is 0. The van der Waals surface area contributed by atoms with Gasteiger partial charge in [-0.05, 0) is 0 Å². The third-order valence-corrected chi connectivity index (χ3v) is 3.17. The molecule has 0 fully saturated rings. The Morgan fingerprint density at radius 1 is 1.40 bits per heavy atom. The number of imidazole rings is 1. The van der Waals surface area contributed by atoms with Gasteiger partial charge in [0.15, 0.2) is 5.82 Å². The van der Waals surface area contributed by atoms with E-state index >= 15 is 0 Å². The number of ether oxygens (including phenoxy) is 1. The molecule has 0 amide bonds. The minimum absolute atomic E-state index is 0.00542. The maximum atomic E-state index is 12.0. The molecule has 0 saturated heterocycles. The summed E-state index contributed by atoms with van der Waals surface area (Å²) in [4.78, 5) is 28.0. The fourth-order valence-corrected chi connectivity index (χ4v) is 2.09. The quantitative estimate of drug-likeness (QED) is 0.752. The van der Waals surface area contributed by atoms with Crippen LogP contribution in [0.1, 0.15) is 13.8 Å². The van der Waals surface area contributed by atoms with E-state index in [0.717, 1.165) is 6.54 Å². The van der Waals surface area contributed by atoms with Crippen molar-refractivity contribution in [2.75, 3.05) is 0 Å². The number of nitrogens with zero attached hydrogens (tertiary/aromatic N) is 4. The lowest BCUT2D eigenvalue weighted by Gasteiger charge is -2.21. The number of aryl methyl sites for hydroxylation is 2. The van der Waals surface area contributed by atoms with Crippen LogP contribution in [0.5, 0.6) is 5.75 Å². The van der Waals surface area contributed by atoms with E-state index in [2.05, 4.69) is 10.1 Å². The molecular formula is C13H14N4O3. The van der Waals surface area contributed by atoms with Gasteiger partial charge in [0.1, 0.15) is 5.69 Å². The number of hydrogen-bond donors (Lipinski definition) is 0. The first-order valence-electron chi connectivity index (χ1n) is 6.41. The van der Waals surface area contributed by atoms with Crippen LogP contribution < -0.4 is 10.2 Å². The topological polar surface area (TPSA) is 79.0 Å². The Hall–Kier alpha value is -2.44. The van der Waals surface area contributed by atoms with Gasteiger partial charge in [0.25, 0.3) is 0 Å².